The molecule has 1 aliphatic heterocycles. The van der Waals surface area contributed by atoms with E-state index in [-0.39, 0.29) is 17.9 Å². The van der Waals surface area contributed by atoms with Crippen molar-refractivity contribution in [1.29, 1.82) is 0 Å². The fourth-order valence-corrected chi connectivity index (χ4v) is 4.95. The monoisotopic (exact) mass is 476 g/mol. The highest BCUT2D eigenvalue weighted by Crippen LogP contribution is 2.30. The average molecular weight is 477 g/mol. The van der Waals surface area contributed by atoms with E-state index in [0.717, 1.165) is 35.5 Å². The third-order valence-corrected chi connectivity index (χ3v) is 7.01. The second-order valence-electron chi connectivity index (χ2n) is 9.21. The van der Waals surface area contributed by atoms with E-state index in [2.05, 4.69) is 5.32 Å². The second-order valence-corrected chi connectivity index (χ2v) is 9.64. The minimum absolute atomic E-state index is 0.0156. The minimum Gasteiger partial charge on any atom is -0.349 e. The number of rotatable bonds is 5. The van der Waals surface area contributed by atoms with Gasteiger partial charge in [0.2, 0.25) is 5.91 Å². The van der Waals surface area contributed by atoms with Crippen LogP contribution in [0.4, 0.5) is 5.82 Å². The number of benzene rings is 2. The van der Waals surface area contributed by atoms with E-state index in [1.54, 1.807) is 4.90 Å². The second kappa shape index (κ2) is 10.0. The molecule has 1 N–H and O–H groups in total. The van der Waals surface area contributed by atoms with Crippen LogP contribution >= 0.6 is 11.6 Å². The van der Waals surface area contributed by atoms with Gasteiger partial charge in [-0.2, -0.15) is 5.10 Å². The SMILES string of the molecule is O=C(NC1CCCCCC1)c1ccc(CN2C(=O)CCn3nc(-c4ccc(Cl)cc4)cc32)cc1. The van der Waals surface area contributed by atoms with E-state index in [9.17, 15) is 9.59 Å². The Morgan fingerprint density at radius 3 is 2.41 bits per heavy atom. The third kappa shape index (κ3) is 5.02. The fourth-order valence-electron chi connectivity index (χ4n) is 4.82. The van der Waals surface area contributed by atoms with Crippen LogP contribution in [0.15, 0.2) is 54.6 Å². The van der Waals surface area contributed by atoms with Gasteiger partial charge in [-0.3, -0.25) is 14.5 Å². The van der Waals surface area contributed by atoms with Crippen molar-refractivity contribution in [1.82, 2.24) is 15.1 Å². The summed E-state index contributed by atoms with van der Waals surface area (Å²) in [5.74, 6) is 0.847. The molecular formula is C27H29ClN4O2. The maximum absolute atomic E-state index is 12.8. The van der Waals surface area contributed by atoms with Gasteiger partial charge in [0.25, 0.3) is 5.91 Å². The van der Waals surface area contributed by atoms with E-state index in [4.69, 9.17) is 16.7 Å². The molecule has 1 aliphatic carbocycles. The van der Waals surface area contributed by atoms with Crippen molar-refractivity contribution in [2.45, 2.75) is 64.1 Å². The Bertz CT molecular complexity index is 1160. The molecule has 7 heteroatoms. The molecule has 0 atom stereocenters. The fraction of sp³-hybridized carbons (Fsp3) is 0.370. The number of amides is 2. The largest absolute Gasteiger partial charge is 0.349 e. The molecule has 2 amide bonds. The van der Waals surface area contributed by atoms with Gasteiger partial charge < -0.3 is 5.32 Å². The minimum atomic E-state index is -0.0156. The van der Waals surface area contributed by atoms with Crippen LogP contribution in [0, 0.1) is 0 Å². The summed E-state index contributed by atoms with van der Waals surface area (Å²) < 4.78 is 1.89. The van der Waals surface area contributed by atoms with E-state index >= 15 is 0 Å². The smallest absolute Gasteiger partial charge is 0.251 e. The van der Waals surface area contributed by atoms with Crippen molar-refractivity contribution in [3.05, 3.63) is 70.7 Å². The van der Waals surface area contributed by atoms with Crippen LogP contribution in [-0.2, 0) is 17.9 Å². The Labute approximate surface area is 204 Å². The predicted octanol–water partition coefficient (Wildman–Crippen LogP) is 5.59. The molecule has 0 unspecified atom stereocenters. The summed E-state index contributed by atoms with van der Waals surface area (Å²) in [5.41, 5.74) is 3.41. The van der Waals surface area contributed by atoms with Crippen molar-refractivity contribution in [2.24, 2.45) is 0 Å². The molecule has 3 aromatic rings. The molecule has 0 saturated heterocycles. The average Bonchev–Trinajstić information content (AvgIpc) is 3.12. The van der Waals surface area contributed by atoms with Crippen LogP contribution in [0.25, 0.3) is 11.3 Å². The summed E-state index contributed by atoms with van der Waals surface area (Å²) in [7, 11) is 0. The molecule has 1 saturated carbocycles. The first-order chi connectivity index (χ1) is 16.6. The van der Waals surface area contributed by atoms with E-state index in [0.29, 0.717) is 30.1 Å². The normalized spacial score (nSPS) is 16.7. The van der Waals surface area contributed by atoms with Crippen molar-refractivity contribution in [3.8, 4) is 11.3 Å². The Morgan fingerprint density at radius 1 is 1.00 bits per heavy atom. The zero-order valence-corrected chi connectivity index (χ0v) is 19.9. The first kappa shape index (κ1) is 22.7. The number of carbonyl (C=O) groups is 2. The van der Waals surface area contributed by atoms with Gasteiger partial charge in [-0.05, 0) is 42.7 Å². The molecule has 2 heterocycles. The van der Waals surface area contributed by atoms with Crippen LogP contribution in [-0.4, -0.2) is 27.6 Å². The molecule has 0 bridgehead atoms. The quantitative estimate of drug-likeness (QED) is 0.488. The van der Waals surface area contributed by atoms with Crippen LogP contribution in [0.2, 0.25) is 5.02 Å². The topological polar surface area (TPSA) is 67.2 Å². The lowest BCUT2D eigenvalue weighted by atomic mass is 10.1. The molecule has 34 heavy (non-hydrogen) atoms. The van der Waals surface area contributed by atoms with Crippen LogP contribution in [0.1, 0.15) is 60.9 Å². The number of nitrogens with zero attached hydrogens (tertiary/aromatic N) is 3. The van der Waals surface area contributed by atoms with E-state index in [1.165, 1.54) is 25.7 Å². The van der Waals surface area contributed by atoms with Crippen molar-refractivity contribution < 1.29 is 9.59 Å². The number of anilines is 1. The zero-order chi connectivity index (χ0) is 23.5. The van der Waals surface area contributed by atoms with Gasteiger partial charge in [-0.15, -0.1) is 0 Å². The number of hydrogen-bond acceptors (Lipinski definition) is 3. The highest BCUT2D eigenvalue weighted by Gasteiger charge is 2.26. The highest BCUT2D eigenvalue weighted by atomic mass is 35.5. The van der Waals surface area contributed by atoms with Gasteiger partial charge in [0, 0.05) is 34.7 Å². The molecule has 1 fully saturated rings. The maximum atomic E-state index is 12.8. The lowest BCUT2D eigenvalue weighted by molar-refractivity contribution is -0.119. The highest BCUT2D eigenvalue weighted by molar-refractivity contribution is 6.30. The van der Waals surface area contributed by atoms with Gasteiger partial charge in [0.15, 0.2) is 0 Å². The van der Waals surface area contributed by atoms with Crippen molar-refractivity contribution >= 4 is 29.2 Å². The number of carbonyl (C=O) groups excluding carboxylic acids is 2. The van der Waals surface area contributed by atoms with E-state index < -0.39 is 0 Å². The standard InChI is InChI=1S/C27H29ClN4O2/c28-22-13-11-20(12-14-22)24-17-25-31(26(33)15-16-32(25)30-24)18-19-7-9-21(10-8-19)27(34)29-23-5-3-1-2-4-6-23/h7-14,17,23H,1-6,15-16,18H2,(H,29,34). The summed E-state index contributed by atoms with van der Waals surface area (Å²) in [6.45, 7) is 1.01. The lowest BCUT2D eigenvalue weighted by Gasteiger charge is -2.27. The summed E-state index contributed by atoms with van der Waals surface area (Å²) in [6, 6.07) is 17.3. The van der Waals surface area contributed by atoms with Crippen molar-refractivity contribution in [2.75, 3.05) is 4.90 Å². The number of aromatic nitrogens is 2. The van der Waals surface area contributed by atoms with Crippen LogP contribution in [0.3, 0.4) is 0 Å². The molecule has 176 valence electrons. The molecule has 6 nitrogen and oxygen atoms in total. The van der Waals surface area contributed by atoms with Gasteiger partial charge in [-0.1, -0.05) is 61.5 Å². The number of aryl methyl sites for hydroxylation is 1. The number of hydrogen-bond donors (Lipinski definition) is 1. The molecule has 5 rings (SSSR count). The van der Waals surface area contributed by atoms with Crippen LogP contribution in [0.5, 0.6) is 0 Å². The molecule has 0 spiro atoms. The lowest BCUT2D eigenvalue weighted by Crippen LogP contribution is -2.37. The molecule has 0 radical (unpaired) electrons. The van der Waals surface area contributed by atoms with Gasteiger partial charge in [0.05, 0.1) is 18.8 Å². The molecular weight excluding hydrogens is 448 g/mol. The summed E-state index contributed by atoms with van der Waals surface area (Å²) in [6.07, 6.45) is 7.43. The molecule has 1 aromatic heterocycles. The Kier molecular flexibility index (Phi) is 6.68. The Morgan fingerprint density at radius 2 is 1.71 bits per heavy atom. The third-order valence-electron chi connectivity index (χ3n) is 6.76. The van der Waals surface area contributed by atoms with Gasteiger partial charge in [0.1, 0.15) is 5.82 Å². The molecule has 2 aromatic carbocycles. The maximum Gasteiger partial charge on any atom is 0.251 e. The van der Waals surface area contributed by atoms with Crippen LogP contribution < -0.4 is 10.2 Å². The summed E-state index contributed by atoms with van der Waals surface area (Å²) in [4.78, 5) is 27.3. The Balaban J connectivity index is 1.29. The van der Waals surface area contributed by atoms with E-state index in [1.807, 2.05) is 59.3 Å². The Hall–Kier alpha value is -3.12. The molecule has 2 aliphatic rings. The van der Waals surface area contributed by atoms with Gasteiger partial charge >= 0.3 is 0 Å². The first-order valence-corrected chi connectivity index (χ1v) is 12.5. The zero-order valence-electron chi connectivity index (χ0n) is 19.2. The summed E-state index contributed by atoms with van der Waals surface area (Å²) in [5, 5.41) is 8.57. The van der Waals surface area contributed by atoms with Crippen molar-refractivity contribution in [3.63, 3.8) is 0 Å². The number of nitrogens with one attached hydrogen (secondary N) is 1. The predicted molar refractivity (Wildman–Crippen MR) is 134 cm³/mol. The summed E-state index contributed by atoms with van der Waals surface area (Å²) >= 11 is 6.02. The number of fused-ring (bicyclic) bond motifs is 1. The first-order valence-electron chi connectivity index (χ1n) is 12.1. The van der Waals surface area contributed by atoms with Gasteiger partial charge in [-0.25, -0.2) is 4.68 Å². The number of halogens is 1.